The number of hydrogen-bond donors (Lipinski definition) is 0. The third-order valence-electron chi connectivity index (χ3n) is 3.25. The van der Waals surface area contributed by atoms with E-state index in [2.05, 4.69) is 0 Å². The molecule has 0 bridgehead atoms. The third-order valence-corrected chi connectivity index (χ3v) is 3.25. The van der Waals surface area contributed by atoms with Crippen LogP contribution >= 0.6 is 0 Å². The molecule has 0 aliphatic rings. The second kappa shape index (κ2) is 3.23. The molecule has 0 aliphatic carbocycles. The number of para-hydroxylation sites is 2. The van der Waals surface area contributed by atoms with Gasteiger partial charge in [-0.05, 0) is 12.1 Å². The van der Waals surface area contributed by atoms with Crippen molar-refractivity contribution in [3.8, 4) is 0 Å². The van der Waals surface area contributed by atoms with Crippen LogP contribution in [0.1, 0.15) is 0 Å². The number of aromatic nitrogens is 1. The molecular weight excluding hydrogens is 226 g/mol. The molecule has 3 nitrogen and oxygen atoms in total. The van der Waals surface area contributed by atoms with E-state index in [4.69, 9.17) is 4.42 Å². The van der Waals surface area contributed by atoms with Gasteiger partial charge in [0.05, 0.1) is 5.52 Å². The SMILES string of the molecule is O=c1oc2ccccc2n2cc3ccccc3c12. The summed E-state index contributed by atoms with van der Waals surface area (Å²) < 4.78 is 7.27. The minimum absolute atomic E-state index is 0.296. The van der Waals surface area contributed by atoms with Gasteiger partial charge in [-0.2, -0.15) is 0 Å². The predicted octanol–water partition coefficient (Wildman–Crippen LogP) is 3.20. The van der Waals surface area contributed by atoms with Gasteiger partial charge in [0, 0.05) is 17.0 Å². The predicted molar refractivity (Wildman–Crippen MR) is 70.9 cm³/mol. The molecule has 2 aromatic heterocycles. The Balaban J connectivity index is 2.42. The van der Waals surface area contributed by atoms with Gasteiger partial charge in [-0.25, -0.2) is 4.79 Å². The van der Waals surface area contributed by atoms with Gasteiger partial charge in [-0.1, -0.05) is 36.4 Å². The summed E-state index contributed by atoms with van der Waals surface area (Å²) in [6.45, 7) is 0. The van der Waals surface area contributed by atoms with Gasteiger partial charge in [-0.15, -0.1) is 0 Å². The molecule has 0 amide bonds. The molecule has 0 spiro atoms. The lowest BCUT2D eigenvalue weighted by molar-refractivity contribution is 0.563. The lowest BCUT2D eigenvalue weighted by atomic mass is 10.2. The molecule has 18 heavy (non-hydrogen) atoms. The van der Waals surface area contributed by atoms with Crippen LogP contribution < -0.4 is 5.63 Å². The smallest absolute Gasteiger partial charge is 0.361 e. The Morgan fingerprint density at radius 2 is 1.72 bits per heavy atom. The zero-order valence-corrected chi connectivity index (χ0v) is 9.46. The van der Waals surface area contributed by atoms with Crippen molar-refractivity contribution in [1.29, 1.82) is 0 Å². The molecule has 0 atom stereocenters. The quantitative estimate of drug-likeness (QED) is 0.469. The maximum absolute atomic E-state index is 12.1. The van der Waals surface area contributed by atoms with Gasteiger partial charge in [0.25, 0.3) is 0 Å². The van der Waals surface area contributed by atoms with Gasteiger partial charge >= 0.3 is 5.63 Å². The molecule has 4 rings (SSSR count). The Morgan fingerprint density at radius 3 is 2.67 bits per heavy atom. The van der Waals surface area contributed by atoms with E-state index in [0.29, 0.717) is 11.1 Å². The summed E-state index contributed by atoms with van der Waals surface area (Å²) in [6.07, 6.45) is 1.98. The second-order valence-corrected chi connectivity index (χ2v) is 4.29. The Hall–Kier alpha value is -2.55. The highest BCUT2D eigenvalue weighted by Crippen LogP contribution is 2.23. The van der Waals surface area contributed by atoms with Crippen LogP contribution in [-0.4, -0.2) is 4.40 Å². The van der Waals surface area contributed by atoms with E-state index in [9.17, 15) is 4.79 Å². The van der Waals surface area contributed by atoms with Crippen LogP contribution in [0, 0.1) is 0 Å². The topological polar surface area (TPSA) is 34.6 Å². The van der Waals surface area contributed by atoms with Gasteiger partial charge in [0.15, 0.2) is 5.58 Å². The van der Waals surface area contributed by atoms with Crippen molar-refractivity contribution in [3.05, 3.63) is 65.1 Å². The molecule has 0 N–H and O–H groups in total. The lowest BCUT2D eigenvalue weighted by Crippen LogP contribution is -2.03. The van der Waals surface area contributed by atoms with Crippen molar-refractivity contribution in [2.24, 2.45) is 0 Å². The van der Waals surface area contributed by atoms with Crippen molar-refractivity contribution in [1.82, 2.24) is 4.40 Å². The van der Waals surface area contributed by atoms with E-state index < -0.39 is 0 Å². The van der Waals surface area contributed by atoms with Gasteiger partial charge in [0.1, 0.15) is 5.52 Å². The first-order valence-corrected chi connectivity index (χ1v) is 5.76. The molecule has 0 aliphatic heterocycles. The summed E-state index contributed by atoms with van der Waals surface area (Å²) in [5.41, 5.74) is 1.82. The summed E-state index contributed by atoms with van der Waals surface area (Å²) in [7, 11) is 0. The maximum Gasteiger partial charge on any atom is 0.361 e. The number of rotatable bonds is 0. The molecule has 0 radical (unpaired) electrons. The zero-order valence-electron chi connectivity index (χ0n) is 9.46. The normalized spacial score (nSPS) is 11.6. The third kappa shape index (κ3) is 1.10. The van der Waals surface area contributed by atoms with Gasteiger partial charge < -0.3 is 8.82 Å². The van der Waals surface area contributed by atoms with Crippen molar-refractivity contribution in [2.45, 2.75) is 0 Å². The van der Waals surface area contributed by atoms with Gasteiger partial charge in [0.2, 0.25) is 0 Å². The van der Waals surface area contributed by atoms with Crippen LogP contribution in [-0.2, 0) is 0 Å². The van der Waals surface area contributed by atoms with E-state index in [0.717, 1.165) is 16.3 Å². The molecule has 2 aromatic carbocycles. The van der Waals surface area contributed by atoms with E-state index in [1.165, 1.54) is 0 Å². The maximum atomic E-state index is 12.1. The number of fused-ring (bicyclic) bond motifs is 5. The van der Waals surface area contributed by atoms with Crippen molar-refractivity contribution in [2.75, 3.05) is 0 Å². The summed E-state index contributed by atoms with van der Waals surface area (Å²) in [5.74, 6) is 0. The molecule has 86 valence electrons. The molecule has 0 unspecified atom stereocenters. The fourth-order valence-corrected chi connectivity index (χ4v) is 2.45. The number of benzene rings is 2. The minimum atomic E-state index is -0.296. The van der Waals surface area contributed by atoms with Crippen molar-refractivity contribution >= 4 is 27.4 Å². The highest BCUT2D eigenvalue weighted by Gasteiger charge is 2.10. The fraction of sp³-hybridized carbons (Fsp3) is 0. The first kappa shape index (κ1) is 9.48. The van der Waals surface area contributed by atoms with E-state index in [1.807, 2.05) is 53.1 Å². The first-order valence-electron chi connectivity index (χ1n) is 5.76. The molecule has 0 fully saturated rings. The fourth-order valence-electron chi connectivity index (χ4n) is 2.45. The van der Waals surface area contributed by atoms with Crippen LogP contribution in [0.3, 0.4) is 0 Å². The second-order valence-electron chi connectivity index (χ2n) is 4.29. The summed E-state index contributed by atoms with van der Waals surface area (Å²) in [6, 6.07) is 15.4. The molecular formula is C15H9NO2. The average Bonchev–Trinajstić information content (AvgIpc) is 2.79. The van der Waals surface area contributed by atoms with Gasteiger partial charge in [-0.3, -0.25) is 0 Å². The number of nitrogens with zero attached hydrogens (tertiary/aromatic N) is 1. The largest absolute Gasteiger partial charge is 0.420 e. The van der Waals surface area contributed by atoms with Crippen LogP contribution in [0.4, 0.5) is 0 Å². The Bertz CT molecular complexity index is 947. The first-order chi connectivity index (χ1) is 8.84. The molecule has 4 aromatic rings. The monoisotopic (exact) mass is 235 g/mol. The highest BCUT2D eigenvalue weighted by atomic mass is 16.4. The molecule has 3 heteroatoms. The lowest BCUT2D eigenvalue weighted by Gasteiger charge is -2.00. The van der Waals surface area contributed by atoms with Crippen LogP contribution in [0.2, 0.25) is 0 Å². The van der Waals surface area contributed by atoms with Crippen molar-refractivity contribution in [3.63, 3.8) is 0 Å². The Morgan fingerprint density at radius 1 is 0.944 bits per heavy atom. The van der Waals surface area contributed by atoms with Crippen molar-refractivity contribution < 1.29 is 4.42 Å². The standard InChI is InChI=1S/C15H9NO2/c17-15-14-11-6-2-1-5-10(11)9-16(14)12-7-3-4-8-13(12)18-15/h1-9H. The molecule has 2 heterocycles. The Kier molecular flexibility index (Phi) is 1.70. The number of hydrogen-bond acceptors (Lipinski definition) is 2. The highest BCUT2D eigenvalue weighted by molar-refractivity contribution is 5.99. The average molecular weight is 235 g/mol. The summed E-state index contributed by atoms with van der Waals surface area (Å²) in [5, 5.41) is 1.97. The van der Waals surface area contributed by atoms with E-state index in [-0.39, 0.29) is 5.63 Å². The molecule has 0 saturated heterocycles. The molecule has 0 saturated carbocycles. The summed E-state index contributed by atoms with van der Waals surface area (Å²) in [4.78, 5) is 12.1. The summed E-state index contributed by atoms with van der Waals surface area (Å²) >= 11 is 0. The van der Waals surface area contributed by atoms with E-state index >= 15 is 0 Å². The van der Waals surface area contributed by atoms with E-state index in [1.54, 1.807) is 6.07 Å². The van der Waals surface area contributed by atoms with Crippen LogP contribution in [0.15, 0.2) is 63.9 Å². The minimum Gasteiger partial charge on any atom is -0.420 e. The van der Waals surface area contributed by atoms with Crippen LogP contribution in [0.5, 0.6) is 0 Å². The zero-order chi connectivity index (χ0) is 12.1. The van der Waals surface area contributed by atoms with Crippen LogP contribution in [0.25, 0.3) is 27.4 Å². The Labute approximate surface area is 102 Å².